The molecule has 2 aliphatic heterocycles. The predicted octanol–water partition coefficient (Wildman–Crippen LogP) is 2.32. The standard InChI is InChI=1S/C17H26N2OS/c1-21-17(13-18)6-9-19(10-7-17)8-4-14-2-3-16-15(12-14)5-11-20-16/h2-3,12H,4-11,13,18H2,1H3. The van der Waals surface area contributed by atoms with Crippen LogP contribution in [0.15, 0.2) is 18.2 Å². The van der Waals surface area contributed by atoms with Crippen molar-refractivity contribution < 1.29 is 4.74 Å². The molecule has 0 saturated carbocycles. The van der Waals surface area contributed by atoms with Crippen LogP contribution in [0.3, 0.4) is 0 Å². The van der Waals surface area contributed by atoms with Gasteiger partial charge in [0.1, 0.15) is 5.75 Å². The summed E-state index contributed by atoms with van der Waals surface area (Å²) in [5, 5.41) is 0. The van der Waals surface area contributed by atoms with E-state index >= 15 is 0 Å². The zero-order valence-electron chi connectivity index (χ0n) is 12.9. The third kappa shape index (κ3) is 3.38. The molecule has 0 amide bonds. The molecule has 2 aliphatic rings. The van der Waals surface area contributed by atoms with Gasteiger partial charge in [-0.15, -0.1) is 0 Å². The zero-order valence-corrected chi connectivity index (χ0v) is 13.8. The summed E-state index contributed by atoms with van der Waals surface area (Å²) in [6, 6.07) is 6.69. The molecule has 1 aromatic carbocycles. The van der Waals surface area contributed by atoms with Crippen molar-refractivity contribution in [1.82, 2.24) is 4.90 Å². The minimum Gasteiger partial charge on any atom is -0.493 e. The van der Waals surface area contributed by atoms with Crippen LogP contribution in [-0.4, -0.2) is 48.7 Å². The molecule has 21 heavy (non-hydrogen) atoms. The maximum Gasteiger partial charge on any atom is 0.122 e. The molecule has 0 bridgehead atoms. The van der Waals surface area contributed by atoms with Gasteiger partial charge in [0, 0.05) is 24.3 Å². The van der Waals surface area contributed by atoms with Crippen molar-refractivity contribution >= 4 is 11.8 Å². The number of fused-ring (bicyclic) bond motifs is 1. The van der Waals surface area contributed by atoms with Crippen molar-refractivity contribution in [2.75, 3.05) is 39.0 Å². The highest BCUT2D eigenvalue weighted by molar-refractivity contribution is 8.00. The molecular weight excluding hydrogens is 280 g/mol. The first-order valence-electron chi connectivity index (χ1n) is 7.97. The molecule has 3 nitrogen and oxygen atoms in total. The van der Waals surface area contributed by atoms with Gasteiger partial charge >= 0.3 is 0 Å². The van der Waals surface area contributed by atoms with Crippen molar-refractivity contribution in [2.45, 2.75) is 30.4 Å². The highest BCUT2D eigenvalue weighted by atomic mass is 32.2. The van der Waals surface area contributed by atoms with Crippen LogP contribution in [-0.2, 0) is 12.8 Å². The smallest absolute Gasteiger partial charge is 0.122 e. The number of benzene rings is 1. The molecule has 1 aromatic rings. The first-order valence-corrected chi connectivity index (χ1v) is 9.19. The number of ether oxygens (including phenoxy) is 1. The second-order valence-corrected chi connectivity index (χ2v) is 7.50. The summed E-state index contributed by atoms with van der Waals surface area (Å²) in [7, 11) is 0. The molecular formula is C17H26N2OS. The van der Waals surface area contributed by atoms with Gasteiger partial charge in [0.25, 0.3) is 0 Å². The van der Waals surface area contributed by atoms with E-state index in [4.69, 9.17) is 10.5 Å². The van der Waals surface area contributed by atoms with Crippen LogP contribution in [0, 0.1) is 0 Å². The number of likely N-dealkylation sites (tertiary alicyclic amines) is 1. The Kier molecular flexibility index (Phi) is 4.77. The van der Waals surface area contributed by atoms with Crippen LogP contribution >= 0.6 is 11.8 Å². The average molecular weight is 306 g/mol. The molecule has 0 spiro atoms. The van der Waals surface area contributed by atoms with E-state index in [1.807, 2.05) is 11.8 Å². The number of nitrogens with zero attached hydrogens (tertiary/aromatic N) is 1. The van der Waals surface area contributed by atoms with Gasteiger partial charge in [0.05, 0.1) is 6.61 Å². The molecule has 2 N–H and O–H groups in total. The van der Waals surface area contributed by atoms with Gasteiger partial charge in [-0.3, -0.25) is 0 Å². The molecule has 1 saturated heterocycles. The largest absolute Gasteiger partial charge is 0.493 e. The Hall–Kier alpha value is -0.710. The second kappa shape index (κ2) is 6.59. The van der Waals surface area contributed by atoms with Crippen molar-refractivity contribution in [2.24, 2.45) is 5.73 Å². The Labute approximate surface area is 132 Å². The highest BCUT2D eigenvalue weighted by Gasteiger charge is 2.32. The van der Waals surface area contributed by atoms with Gasteiger partial charge < -0.3 is 15.4 Å². The summed E-state index contributed by atoms with van der Waals surface area (Å²) in [5.74, 6) is 1.09. The second-order valence-electron chi connectivity index (χ2n) is 6.22. The zero-order chi connectivity index (χ0) is 14.7. The van der Waals surface area contributed by atoms with Crippen LogP contribution in [0.1, 0.15) is 24.0 Å². The minimum atomic E-state index is 0.335. The summed E-state index contributed by atoms with van der Waals surface area (Å²) in [5.41, 5.74) is 8.79. The Morgan fingerprint density at radius 2 is 2.14 bits per heavy atom. The van der Waals surface area contributed by atoms with Crippen LogP contribution < -0.4 is 10.5 Å². The van der Waals surface area contributed by atoms with E-state index in [1.165, 1.54) is 37.1 Å². The fraction of sp³-hybridized carbons (Fsp3) is 0.647. The fourth-order valence-electron chi connectivity index (χ4n) is 3.36. The third-order valence-corrected chi connectivity index (χ3v) is 6.48. The Morgan fingerprint density at radius 1 is 1.33 bits per heavy atom. The lowest BCUT2D eigenvalue weighted by molar-refractivity contribution is 0.204. The van der Waals surface area contributed by atoms with Gasteiger partial charge in [-0.25, -0.2) is 0 Å². The number of hydrogen-bond donors (Lipinski definition) is 1. The molecule has 4 heteroatoms. The fourth-order valence-corrected chi connectivity index (χ4v) is 4.12. The molecule has 3 rings (SSSR count). The summed E-state index contributed by atoms with van der Waals surface area (Å²) in [6.07, 6.45) is 6.86. The van der Waals surface area contributed by atoms with Crippen LogP contribution in [0.2, 0.25) is 0 Å². The highest BCUT2D eigenvalue weighted by Crippen LogP contribution is 2.33. The normalized spacial score (nSPS) is 21.0. The molecule has 0 aromatic heterocycles. The van der Waals surface area contributed by atoms with Gasteiger partial charge in [0.2, 0.25) is 0 Å². The Morgan fingerprint density at radius 3 is 2.86 bits per heavy atom. The Bertz CT molecular complexity index is 478. The van der Waals surface area contributed by atoms with E-state index in [2.05, 4.69) is 29.4 Å². The van der Waals surface area contributed by atoms with Crippen molar-refractivity contribution in [1.29, 1.82) is 0 Å². The first kappa shape index (κ1) is 15.2. The maximum absolute atomic E-state index is 5.96. The molecule has 0 atom stereocenters. The number of rotatable bonds is 5. The Balaban J connectivity index is 1.50. The van der Waals surface area contributed by atoms with Crippen LogP contribution in [0.5, 0.6) is 5.75 Å². The van der Waals surface area contributed by atoms with E-state index in [0.29, 0.717) is 4.75 Å². The summed E-state index contributed by atoms with van der Waals surface area (Å²) in [6.45, 7) is 5.19. The number of piperidine rings is 1. The third-order valence-electron chi connectivity index (χ3n) is 5.04. The number of nitrogens with two attached hydrogens (primary N) is 1. The van der Waals surface area contributed by atoms with E-state index in [1.54, 1.807) is 0 Å². The van der Waals surface area contributed by atoms with Crippen LogP contribution in [0.4, 0.5) is 0 Å². The van der Waals surface area contributed by atoms with Crippen molar-refractivity contribution in [3.63, 3.8) is 0 Å². The van der Waals surface area contributed by atoms with Gasteiger partial charge in [-0.05, 0) is 55.8 Å². The van der Waals surface area contributed by atoms with Gasteiger partial charge in [-0.1, -0.05) is 12.1 Å². The minimum absolute atomic E-state index is 0.335. The van der Waals surface area contributed by atoms with E-state index < -0.39 is 0 Å². The molecule has 0 aliphatic carbocycles. The topological polar surface area (TPSA) is 38.5 Å². The van der Waals surface area contributed by atoms with Gasteiger partial charge in [-0.2, -0.15) is 11.8 Å². The molecule has 1 fully saturated rings. The lowest BCUT2D eigenvalue weighted by atomic mass is 9.95. The van der Waals surface area contributed by atoms with Gasteiger partial charge in [0.15, 0.2) is 0 Å². The van der Waals surface area contributed by atoms with Crippen LogP contribution in [0.25, 0.3) is 0 Å². The molecule has 116 valence electrons. The molecule has 0 radical (unpaired) electrons. The van der Waals surface area contributed by atoms with Crippen molar-refractivity contribution in [3.05, 3.63) is 29.3 Å². The number of hydrogen-bond acceptors (Lipinski definition) is 4. The summed E-state index contributed by atoms with van der Waals surface area (Å²) >= 11 is 1.96. The van der Waals surface area contributed by atoms with E-state index in [-0.39, 0.29) is 0 Å². The lowest BCUT2D eigenvalue weighted by Crippen LogP contribution is -2.46. The van der Waals surface area contributed by atoms with E-state index in [9.17, 15) is 0 Å². The number of thioether (sulfide) groups is 1. The van der Waals surface area contributed by atoms with E-state index in [0.717, 1.165) is 38.3 Å². The average Bonchev–Trinajstić information content (AvgIpc) is 3.01. The molecule has 2 heterocycles. The summed E-state index contributed by atoms with van der Waals surface area (Å²) < 4.78 is 5.91. The predicted molar refractivity (Wildman–Crippen MR) is 90.3 cm³/mol. The van der Waals surface area contributed by atoms with Crippen molar-refractivity contribution in [3.8, 4) is 5.75 Å². The summed E-state index contributed by atoms with van der Waals surface area (Å²) in [4.78, 5) is 2.59. The molecule has 0 unspecified atom stereocenters. The SMILES string of the molecule is CSC1(CN)CCN(CCc2ccc3c(c2)CCO3)CC1. The quantitative estimate of drug-likeness (QED) is 0.906. The monoisotopic (exact) mass is 306 g/mol. The maximum atomic E-state index is 5.96. The lowest BCUT2D eigenvalue weighted by Gasteiger charge is -2.40. The first-order chi connectivity index (χ1) is 10.2.